The number of benzene rings is 2. The highest BCUT2D eigenvalue weighted by atomic mass is 19.4. The van der Waals surface area contributed by atoms with E-state index in [2.05, 4.69) is 5.10 Å². The second-order valence-corrected chi connectivity index (χ2v) is 10.3. The van der Waals surface area contributed by atoms with Crippen molar-refractivity contribution in [2.45, 2.75) is 70.4 Å². The Bertz CT molecular complexity index is 1360. The van der Waals surface area contributed by atoms with Gasteiger partial charge in [0.25, 0.3) is 5.91 Å². The first-order valence-corrected chi connectivity index (χ1v) is 13.0. The van der Waals surface area contributed by atoms with Gasteiger partial charge in [-0.05, 0) is 67.1 Å². The molecule has 222 valence electrons. The first-order valence-electron chi connectivity index (χ1n) is 13.0. The normalized spacial score (nSPS) is 13.3. The second kappa shape index (κ2) is 13.3. The summed E-state index contributed by atoms with van der Waals surface area (Å²) in [6, 6.07) is 10.1. The van der Waals surface area contributed by atoms with Crippen LogP contribution in [0.4, 0.5) is 17.6 Å². The van der Waals surface area contributed by atoms with E-state index in [1.54, 1.807) is 0 Å². The van der Waals surface area contributed by atoms with Crippen LogP contribution in [0.2, 0.25) is 0 Å². The SMILES string of the molecule is CC(C)c1c(C(=O)N(C)Cc2cccc(C(F)(F)F)c2)nn(-c2ccc(F)cc2)c1CC[C@@H](O)C[C@@H](O)CC(=O)[O-]. The highest BCUT2D eigenvalue weighted by molar-refractivity contribution is 5.94. The molecular weight excluding hydrogens is 546 g/mol. The number of aromatic nitrogens is 2. The van der Waals surface area contributed by atoms with Crippen LogP contribution in [0.15, 0.2) is 48.5 Å². The maximum Gasteiger partial charge on any atom is 0.416 e. The zero-order valence-electron chi connectivity index (χ0n) is 22.9. The fourth-order valence-corrected chi connectivity index (χ4v) is 4.65. The second-order valence-electron chi connectivity index (χ2n) is 10.3. The Morgan fingerprint density at radius 2 is 1.73 bits per heavy atom. The Morgan fingerprint density at radius 3 is 2.32 bits per heavy atom. The largest absolute Gasteiger partial charge is 0.550 e. The number of aliphatic hydroxyl groups is 2. The molecule has 0 saturated carbocycles. The molecule has 3 aromatic rings. The lowest BCUT2D eigenvalue weighted by atomic mass is 9.95. The summed E-state index contributed by atoms with van der Waals surface area (Å²) in [6.45, 7) is 3.55. The lowest BCUT2D eigenvalue weighted by Gasteiger charge is -2.19. The van der Waals surface area contributed by atoms with Gasteiger partial charge in [0.2, 0.25) is 0 Å². The number of hydrogen-bond donors (Lipinski definition) is 2. The van der Waals surface area contributed by atoms with Crippen LogP contribution in [-0.2, 0) is 23.9 Å². The molecule has 8 nitrogen and oxygen atoms in total. The topological polar surface area (TPSA) is 119 Å². The van der Waals surface area contributed by atoms with Gasteiger partial charge in [-0.15, -0.1) is 0 Å². The van der Waals surface area contributed by atoms with E-state index in [0.717, 1.165) is 12.1 Å². The third kappa shape index (κ3) is 8.37. The van der Waals surface area contributed by atoms with Crippen molar-refractivity contribution < 1.29 is 42.5 Å². The molecule has 41 heavy (non-hydrogen) atoms. The third-order valence-corrected chi connectivity index (χ3v) is 6.55. The molecule has 0 saturated heterocycles. The number of carbonyl (C=O) groups excluding carboxylic acids is 2. The Kier molecular flexibility index (Phi) is 10.3. The zero-order valence-corrected chi connectivity index (χ0v) is 22.9. The summed E-state index contributed by atoms with van der Waals surface area (Å²) in [5, 5.41) is 35.6. The van der Waals surface area contributed by atoms with Gasteiger partial charge in [0.1, 0.15) is 5.82 Å². The van der Waals surface area contributed by atoms with Crippen LogP contribution < -0.4 is 5.11 Å². The number of halogens is 4. The van der Waals surface area contributed by atoms with Crippen LogP contribution in [0, 0.1) is 5.82 Å². The Hall–Kier alpha value is -3.77. The van der Waals surface area contributed by atoms with Gasteiger partial charge < -0.3 is 25.0 Å². The summed E-state index contributed by atoms with van der Waals surface area (Å²) >= 11 is 0. The summed E-state index contributed by atoms with van der Waals surface area (Å²) in [5.41, 5.74) is 1.02. The fraction of sp³-hybridized carbons (Fsp3) is 0.414. The number of aliphatic hydroxyl groups excluding tert-OH is 2. The third-order valence-electron chi connectivity index (χ3n) is 6.55. The quantitative estimate of drug-likeness (QED) is 0.317. The van der Waals surface area contributed by atoms with E-state index in [9.17, 15) is 42.5 Å². The van der Waals surface area contributed by atoms with Gasteiger partial charge in [-0.1, -0.05) is 26.0 Å². The molecule has 1 heterocycles. The van der Waals surface area contributed by atoms with Crippen molar-refractivity contribution >= 4 is 11.9 Å². The number of carbonyl (C=O) groups is 2. The minimum Gasteiger partial charge on any atom is -0.550 e. The standard InChI is InChI=1S/C29H33F4N3O5/c1-17(2)26-24(12-11-22(37)14-23(38)15-25(39)40)36(21-9-7-20(30)8-10-21)34-27(26)28(41)35(3)16-18-5-4-6-19(13-18)29(31,32)33/h4-10,13,17,22-23,37-38H,11-12,14-16H2,1-3H3,(H,39,40)/p-1/t22-,23-/m1/s1. The summed E-state index contributed by atoms with van der Waals surface area (Å²) in [6.07, 6.45) is -7.49. The lowest BCUT2D eigenvalue weighted by Crippen LogP contribution is -2.29. The summed E-state index contributed by atoms with van der Waals surface area (Å²) in [4.78, 5) is 25.6. The van der Waals surface area contributed by atoms with Crippen LogP contribution in [0.3, 0.4) is 0 Å². The number of amides is 1. The molecule has 0 fully saturated rings. The molecule has 1 aromatic heterocycles. The molecular formula is C29H32F4N3O5-. The van der Waals surface area contributed by atoms with Crippen LogP contribution in [-0.4, -0.2) is 56.0 Å². The van der Waals surface area contributed by atoms with E-state index in [0.29, 0.717) is 16.9 Å². The van der Waals surface area contributed by atoms with E-state index >= 15 is 0 Å². The molecule has 2 N–H and O–H groups in total. The van der Waals surface area contributed by atoms with Gasteiger partial charge in [0.05, 0.1) is 23.5 Å². The zero-order chi connectivity index (χ0) is 30.5. The van der Waals surface area contributed by atoms with Crippen molar-refractivity contribution in [1.29, 1.82) is 0 Å². The van der Waals surface area contributed by atoms with Crippen LogP contribution in [0.5, 0.6) is 0 Å². The average molecular weight is 579 g/mol. The predicted molar refractivity (Wildman–Crippen MR) is 139 cm³/mol. The minimum absolute atomic E-state index is 0.0558. The van der Waals surface area contributed by atoms with Crippen molar-refractivity contribution in [3.63, 3.8) is 0 Å². The molecule has 0 radical (unpaired) electrons. The first kappa shape index (κ1) is 31.8. The monoisotopic (exact) mass is 578 g/mol. The molecule has 0 unspecified atom stereocenters. The Labute approximate surface area is 234 Å². The molecule has 3 rings (SSSR count). The first-order chi connectivity index (χ1) is 19.2. The van der Waals surface area contributed by atoms with E-state index < -0.39 is 48.1 Å². The number of carboxylic acids is 1. The fourth-order valence-electron chi connectivity index (χ4n) is 4.65. The number of aliphatic carboxylic acids is 1. The number of nitrogens with zero attached hydrogens (tertiary/aromatic N) is 3. The molecule has 0 aliphatic carbocycles. The maximum atomic E-state index is 13.7. The summed E-state index contributed by atoms with van der Waals surface area (Å²) in [5.74, 6) is -2.72. The molecule has 0 aliphatic rings. The van der Waals surface area contributed by atoms with E-state index in [1.807, 2.05) is 13.8 Å². The van der Waals surface area contributed by atoms with Crippen molar-refractivity contribution in [1.82, 2.24) is 14.7 Å². The Morgan fingerprint density at radius 1 is 1.07 bits per heavy atom. The van der Waals surface area contributed by atoms with Gasteiger partial charge in [0, 0.05) is 37.2 Å². The van der Waals surface area contributed by atoms with Gasteiger partial charge in [-0.2, -0.15) is 18.3 Å². The van der Waals surface area contributed by atoms with Crippen molar-refractivity contribution in [3.05, 3.63) is 82.4 Å². The van der Waals surface area contributed by atoms with E-state index in [1.165, 1.54) is 53.0 Å². The number of alkyl halides is 3. The van der Waals surface area contributed by atoms with E-state index in [4.69, 9.17) is 0 Å². The van der Waals surface area contributed by atoms with Crippen molar-refractivity contribution in [3.8, 4) is 5.69 Å². The van der Waals surface area contributed by atoms with Crippen LogP contribution >= 0.6 is 0 Å². The highest BCUT2D eigenvalue weighted by Crippen LogP contribution is 2.31. The molecule has 0 aliphatic heterocycles. The lowest BCUT2D eigenvalue weighted by molar-refractivity contribution is -0.307. The van der Waals surface area contributed by atoms with Crippen LogP contribution in [0.1, 0.15) is 71.9 Å². The van der Waals surface area contributed by atoms with E-state index in [-0.39, 0.29) is 43.0 Å². The minimum atomic E-state index is -4.53. The maximum absolute atomic E-state index is 13.7. The molecule has 12 heteroatoms. The number of rotatable bonds is 12. The molecule has 2 atom stereocenters. The molecule has 1 amide bonds. The summed E-state index contributed by atoms with van der Waals surface area (Å²) in [7, 11) is 1.45. The Balaban J connectivity index is 1.96. The van der Waals surface area contributed by atoms with Gasteiger partial charge in [0.15, 0.2) is 5.69 Å². The number of carboxylic acid groups (broad SMARTS) is 1. The number of hydrogen-bond acceptors (Lipinski definition) is 6. The van der Waals surface area contributed by atoms with Crippen molar-refractivity contribution in [2.24, 2.45) is 0 Å². The smallest absolute Gasteiger partial charge is 0.416 e. The molecule has 0 bridgehead atoms. The van der Waals surface area contributed by atoms with Gasteiger partial charge in [-0.25, -0.2) is 9.07 Å². The molecule has 0 spiro atoms. The predicted octanol–water partition coefficient (Wildman–Crippen LogP) is 3.61. The van der Waals surface area contributed by atoms with Crippen LogP contribution in [0.25, 0.3) is 5.69 Å². The molecule has 2 aromatic carbocycles. The van der Waals surface area contributed by atoms with Crippen molar-refractivity contribution in [2.75, 3.05) is 7.05 Å². The summed E-state index contributed by atoms with van der Waals surface area (Å²) < 4.78 is 54.7. The van der Waals surface area contributed by atoms with Gasteiger partial charge in [-0.3, -0.25) is 4.79 Å². The highest BCUT2D eigenvalue weighted by Gasteiger charge is 2.31. The van der Waals surface area contributed by atoms with Gasteiger partial charge >= 0.3 is 6.18 Å². The average Bonchev–Trinajstić information content (AvgIpc) is 3.26.